The van der Waals surface area contributed by atoms with Crippen LogP contribution in [0.25, 0.3) is 0 Å². The summed E-state index contributed by atoms with van der Waals surface area (Å²) >= 11 is 0. The predicted molar refractivity (Wildman–Crippen MR) is 77.9 cm³/mol. The van der Waals surface area contributed by atoms with Crippen molar-refractivity contribution in [1.82, 2.24) is 10.2 Å². The zero-order chi connectivity index (χ0) is 13.8. The molecule has 19 heavy (non-hydrogen) atoms. The second-order valence-corrected chi connectivity index (χ2v) is 7.47. The topological polar surface area (TPSA) is 65.1 Å². The van der Waals surface area contributed by atoms with Crippen molar-refractivity contribution in [3.63, 3.8) is 0 Å². The van der Waals surface area contributed by atoms with Crippen molar-refractivity contribution in [3.8, 4) is 0 Å². The van der Waals surface area contributed by atoms with E-state index < -0.39 is 0 Å². The van der Waals surface area contributed by atoms with Crippen LogP contribution in [0.1, 0.15) is 33.6 Å². The fourth-order valence-electron chi connectivity index (χ4n) is 5.10. The lowest BCUT2D eigenvalue weighted by Crippen LogP contribution is -2.64. The minimum absolute atomic E-state index is 0.261. The first-order chi connectivity index (χ1) is 8.93. The van der Waals surface area contributed by atoms with E-state index in [-0.39, 0.29) is 5.96 Å². The number of nitrogens with one attached hydrogen (secondary N) is 2. The van der Waals surface area contributed by atoms with Crippen molar-refractivity contribution in [1.29, 1.82) is 5.41 Å². The molecule has 0 aromatic carbocycles. The first-order valence-corrected chi connectivity index (χ1v) is 7.74. The van der Waals surface area contributed by atoms with E-state index in [1.54, 1.807) is 0 Å². The lowest BCUT2D eigenvalue weighted by Gasteiger charge is -2.64. The van der Waals surface area contributed by atoms with Crippen LogP contribution < -0.4 is 11.1 Å². The quantitative estimate of drug-likeness (QED) is 0.496. The second kappa shape index (κ2) is 4.37. The van der Waals surface area contributed by atoms with Crippen LogP contribution in [0, 0.1) is 34.5 Å². The van der Waals surface area contributed by atoms with Gasteiger partial charge in [-0.15, -0.1) is 0 Å². The van der Waals surface area contributed by atoms with Gasteiger partial charge in [-0.3, -0.25) is 5.41 Å². The Kier molecular flexibility index (Phi) is 3.04. The van der Waals surface area contributed by atoms with E-state index in [2.05, 4.69) is 31.0 Å². The minimum atomic E-state index is 0.261. The molecule has 5 atom stereocenters. The molecule has 0 spiro atoms. The van der Waals surface area contributed by atoms with Gasteiger partial charge in [0.1, 0.15) is 0 Å². The molecule has 108 valence electrons. The largest absolute Gasteiger partial charge is 0.370 e. The van der Waals surface area contributed by atoms with Gasteiger partial charge in [-0.05, 0) is 41.9 Å². The van der Waals surface area contributed by atoms with Gasteiger partial charge in [0.05, 0.1) is 0 Å². The van der Waals surface area contributed by atoms with E-state index in [4.69, 9.17) is 11.1 Å². The Morgan fingerprint density at radius 3 is 2.68 bits per heavy atom. The third-order valence-corrected chi connectivity index (χ3v) is 6.50. The van der Waals surface area contributed by atoms with E-state index in [1.807, 2.05) is 0 Å². The van der Waals surface area contributed by atoms with Crippen LogP contribution in [0.3, 0.4) is 0 Å². The lowest BCUT2D eigenvalue weighted by molar-refractivity contribution is -0.141. The Morgan fingerprint density at radius 2 is 2.11 bits per heavy atom. The molecule has 0 radical (unpaired) electrons. The second-order valence-electron chi connectivity index (χ2n) is 7.47. The first kappa shape index (κ1) is 13.2. The van der Waals surface area contributed by atoms with Gasteiger partial charge in [0, 0.05) is 25.7 Å². The molecule has 4 N–H and O–H groups in total. The standard InChI is InChI=1S/C15H28N4/c1-9-11(6-10-7-12(9)15(10,2)3)13-8-18-4-5-19(13)14(16)17/h9-13,18H,4-8H2,1-3H3,(H3,16,17)/t9-,10+,11+,12+,13?/m1/s1. The molecular weight excluding hydrogens is 236 g/mol. The highest BCUT2D eigenvalue weighted by Gasteiger charge is 2.57. The summed E-state index contributed by atoms with van der Waals surface area (Å²) in [4.78, 5) is 2.13. The Hall–Kier alpha value is -0.770. The zero-order valence-electron chi connectivity index (χ0n) is 12.4. The average Bonchev–Trinajstić information content (AvgIpc) is 2.38. The summed E-state index contributed by atoms with van der Waals surface area (Å²) in [6.45, 7) is 10.2. The summed E-state index contributed by atoms with van der Waals surface area (Å²) < 4.78 is 0. The molecule has 1 saturated heterocycles. The zero-order valence-corrected chi connectivity index (χ0v) is 12.4. The number of rotatable bonds is 1. The summed E-state index contributed by atoms with van der Waals surface area (Å²) in [6, 6.07) is 0.433. The molecule has 2 bridgehead atoms. The fourth-order valence-corrected chi connectivity index (χ4v) is 5.10. The maximum Gasteiger partial charge on any atom is 0.188 e. The third-order valence-electron chi connectivity index (χ3n) is 6.50. The van der Waals surface area contributed by atoms with E-state index in [0.29, 0.717) is 17.4 Å². The molecule has 4 nitrogen and oxygen atoms in total. The van der Waals surface area contributed by atoms with Gasteiger partial charge in [-0.25, -0.2) is 0 Å². The van der Waals surface area contributed by atoms with Crippen LogP contribution >= 0.6 is 0 Å². The van der Waals surface area contributed by atoms with E-state index in [0.717, 1.165) is 37.4 Å². The van der Waals surface area contributed by atoms with Gasteiger partial charge in [-0.2, -0.15) is 0 Å². The van der Waals surface area contributed by atoms with Gasteiger partial charge >= 0.3 is 0 Å². The van der Waals surface area contributed by atoms with E-state index in [9.17, 15) is 0 Å². The Labute approximate surface area is 116 Å². The summed E-state index contributed by atoms with van der Waals surface area (Å²) in [7, 11) is 0. The van der Waals surface area contributed by atoms with Crippen molar-refractivity contribution in [2.24, 2.45) is 34.8 Å². The average molecular weight is 264 g/mol. The van der Waals surface area contributed by atoms with Crippen LogP contribution in [0.4, 0.5) is 0 Å². The lowest BCUT2D eigenvalue weighted by atomic mass is 9.42. The molecule has 4 heteroatoms. The van der Waals surface area contributed by atoms with Crippen LogP contribution in [-0.4, -0.2) is 36.5 Å². The van der Waals surface area contributed by atoms with Gasteiger partial charge in [0.25, 0.3) is 0 Å². The molecule has 3 saturated carbocycles. The summed E-state index contributed by atoms with van der Waals surface area (Å²) in [5.41, 5.74) is 6.33. The smallest absolute Gasteiger partial charge is 0.188 e. The number of nitrogens with two attached hydrogens (primary N) is 1. The van der Waals surface area contributed by atoms with Gasteiger partial charge in [-0.1, -0.05) is 20.8 Å². The summed E-state index contributed by atoms with van der Waals surface area (Å²) in [5.74, 6) is 3.47. The minimum Gasteiger partial charge on any atom is -0.370 e. The van der Waals surface area contributed by atoms with Crippen molar-refractivity contribution in [3.05, 3.63) is 0 Å². The molecule has 1 heterocycles. The SMILES string of the molecule is C[C@@H]1[C@@H](C2CNCCN2C(=N)N)C[C@H]2C[C@@H]1C2(C)C. The van der Waals surface area contributed by atoms with Crippen LogP contribution in [0.2, 0.25) is 0 Å². The van der Waals surface area contributed by atoms with E-state index in [1.165, 1.54) is 12.8 Å². The molecule has 3 aliphatic carbocycles. The molecule has 4 fully saturated rings. The third kappa shape index (κ3) is 1.87. The number of piperazine rings is 1. The number of hydrogen-bond donors (Lipinski definition) is 3. The van der Waals surface area contributed by atoms with Crippen molar-refractivity contribution >= 4 is 5.96 Å². The maximum absolute atomic E-state index is 7.82. The van der Waals surface area contributed by atoms with Crippen LogP contribution in [0.15, 0.2) is 0 Å². The molecule has 4 rings (SSSR count). The van der Waals surface area contributed by atoms with Crippen molar-refractivity contribution < 1.29 is 0 Å². The number of hydrogen-bond acceptors (Lipinski definition) is 2. The number of guanidine groups is 1. The molecule has 1 unspecified atom stereocenters. The highest BCUT2D eigenvalue weighted by Crippen LogP contribution is 2.63. The highest BCUT2D eigenvalue weighted by atomic mass is 15.3. The fraction of sp³-hybridized carbons (Fsp3) is 0.933. The Bertz CT molecular complexity index is 378. The maximum atomic E-state index is 7.82. The number of fused-ring (bicyclic) bond motifs is 2. The molecule has 0 aromatic heterocycles. The predicted octanol–water partition coefficient (Wildman–Crippen LogP) is 1.47. The normalized spacial score (nSPS) is 44.6. The van der Waals surface area contributed by atoms with Crippen molar-refractivity contribution in [2.75, 3.05) is 19.6 Å². The van der Waals surface area contributed by atoms with E-state index >= 15 is 0 Å². The Balaban J connectivity index is 1.77. The van der Waals surface area contributed by atoms with Crippen LogP contribution in [-0.2, 0) is 0 Å². The summed E-state index contributed by atoms with van der Waals surface area (Å²) in [6.07, 6.45) is 2.74. The Morgan fingerprint density at radius 1 is 1.37 bits per heavy atom. The van der Waals surface area contributed by atoms with Gasteiger partial charge < -0.3 is 16.0 Å². The first-order valence-electron chi connectivity index (χ1n) is 7.74. The molecule has 1 aliphatic heterocycles. The highest BCUT2D eigenvalue weighted by molar-refractivity contribution is 5.75. The molecular formula is C15H28N4. The van der Waals surface area contributed by atoms with Gasteiger partial charge in [0.2, 0.25) is 0 Å². The monoisotopic (exact) mass is 264 g/mol. The van der Waals surface area contributed by atoms with Crippen molar-refractivity contribution in [2.45, 2.75) is 39.7 Å². The van der Waals surface area contributed by atoms with Gasteiger partial charge in [0.15, 0.2) is 5.96 Å². The molecule has 0 aromatic rings. The molecule has 4 aliphatic rings. The number of nitrogens with zero attached hydrogens (tertiary/aromatic N) is 1. The summed E-state index contributed by atoms with van der Waals surface area (Å²) in [5, 5.41) is 11.3. The van der Waals surface area contributed by atoms with Crippen LogP contribution in [0.5, 0.6) is 0 Å². The molecule has 0 amide bonds.